The summed E-state index contributed by atoms with van der Waals surface area (Å²) >= 11 is 0. The van der Waals surface area contributed by atoms with E-state index in [1.165, 1.54) is 0 Å². The fraction of sp³-hybridized carbons (Fsp3) is 0.385. The van der Waals surface area contributed by atoms with Gasteiger partial charge in [-0.1, -0.05) is 19.1 Å². The second kappa shape index (κ2) is 6.05. The van der Waals surface area contributed by atoms with Crippen LogP contribution in [0.15, 0.2) is 24.3 Å². The lowest BCUT2D eigenvalue weighted by atomic mass is 10.00. The van der Waals surface area contributed by atoms with Gasteiger partial charge in [0, 0.05) is 5.92 Å². The van der Waals surface area contributed by atoms with Crippen LogP contribution in [-0.4, -0.2) is 23.0 Å². The van der Waals surface area contributed by atoms with Gasteiger partial charge in [-0.25, -0.2) is 0 Å². The molecule has 2 amide bonds. The number of hydrogen-bond acceptors (Lipinski definition) is 3. The van der Waals surface area contributed by atoms with Gasteiger partial charge >= 0.3 is 0 Å². The zero-order valence-corrected chi connectivity index (χ0v) is 10.5. The van der Waals surface area contributed by atoms with E-state index in [2.05, 4.69) is 5.32 Å². The molecule has 0 aliphatic rings. The summed E-state index contributed by atoms with van der Waals surface area (Å²) in [4.78, 5) is 22.6. The molecular weight excluding hydrogens is 232 g/mol. The van der Waals surface area contributed by atoms with Crippen LogP contribution in [0.3, 0.4) is 0 Å². The molecule has 0 bridgehead atoms. The molecule has 4 N–H and O–H groups in total. The summed E-state index contributed by atoms with van der Waals surface area (Å²) in [6.45, 7) is 3.32. The average Bonchev–Trinajstić information content (AvgIpc) is 2.31. The number of benzene rings is 1. The minimum absolute atomic E-state index is 0.193. The number of nitrogens with one attached hydrogen (secondary N) is 1. The molecule has 0 fully saturated rings. The molecule has 18 heavy (non-hydrogen) atoms. The van der Waals surface area contributed by atoms with Crippen molar-refractivity contribution in [2.75, 3.05) is 0 Å². The zero-order valence-electron chi connectivity index (χ0n) is 10.5. The number of hydrogen-bond donors (Lipinski definition) is 3. The summed E-state index contributed by atoms with van der Waals surface area (Å²) in [7, 11) is 0. The van der Waals surface area contributed by atoms with Crippen molar-refractivity contribution in [3.8, 4) is 5.75 Å². The highest BCUT2D eigenvalue weighted by molar-refractivity contribution is 5.87. The van der Waals surface area contributed by atoms with Gasteiger partial charge in [0.15, 0.2) is 0 Å². The van der Waals surface area contributed by atoms with Crippen LogP contribution < -0.4 is 11.1 Å². The highest BCUT2D eigenvalue weighted by Crippen LogP contribution is 2.13. The number of carbonyl (C=O) groups excluding carboxylic acids is 2. The molecule has 2 atom stereocenters. The lowest BCUT2D eigenvalue weighted by molar-refractivity contribution is -0.129. The molecule has 1 unspecified atom stereocenters. The molecule has 0 spiro atoms. The van der Waals surface area contributed by atoms with E-state index in [1.54, 1.807) is 38.1 Å². The summed E-state index contributed by atoms with van der Waals surface area (Å²) in [5, 5.41) is 11.7. The van der Waals surface area contributed by atoms with Crippen LogP contribution in [-0.2, 0) is 16.0 Å². The Balaban J connectivity index is 2.54. The number of phenolic OH excluding ortho intramolecular Hbond substituents is 1. The Hall–Kier alpha value is -2.04. The topological polar surface area (TPSA) is 92.4 Å². The minimum atomic E-state index is -0.667. The third-order valence-corrected chi connectivity index (χ3v) is 2.71. The van der Waals surface area contributed by atoms with Crippen LogP contribution in [0.2, 0.25) is 0 Å². The summed E-state index contributed by atoms with van der Waals surface area (Å²) in [6, 6.07) is 6.00. The van der Waals surface area contributed by atoms with E-state index in [9.17, 15) is 9.59 Å². The highest BCUT2D eigenvalue weighted by Gasteiger charge is 2.18. The minimum Gasteiger partial charge on any atom is -0.508 e. The van der Waals surface area contributed by atoms with Crippen molar-refractivity contribution in [3.05, 3.63) is 29.8 Å². The molecule has 0 saturated carbocycles. The highest BCUT2D eigenvalue weighted by atomic mass is 16.3. The van der Waals surface area contributed by atoms with E-state index in [0.717, 1.165) is 5.56 Å². The van der Waals surface area contributed by atoms with Crippen molar-refractivity contribution >= 4 is 11.8 Å². The largest absolute Gasteiger partial charge is 0.508 e. The van der Waals surface area contributed by atoms with Crippen molar-refractivity contribution in [2.24, 2.45) is 11.7 Å². The number of carbonyl (C=O) groups is 2. The van der Waals surface area contributed by atoms with Crippen LogP contribution in [0.4, 0.5) is 0 Å². The van der Waals surface area contributed by atoms with Crippen molar-refractivity contribution in [3.63, 3.8) is 0 Å². The second-order valence-electron chi connectivity index (χ2n) is 4.40. The van der Waals surface area contributed by atoms with Crippen LogP contribution in [0.25, 0.3) is 0 Å². The molecule has 0 aliphatic heterocycles. The van der Waals surface area contributed by atoms with Crippen LogP contribution in [0.5, 0.6) is 5.75 Å². The number of primary amides is 1. The van der Waals surface area contributed by atoms with Gasteiger partial charge in [-0.05, 0) is 31.0 Å². The molecule has 0 aromatic heterocycles. The fourth-order valence-electron chi connectivity index (χ4n) is 1.51. The lowest BCUT2D eigenvalue weighted by Crippen LogP contribution is -2.44. The lowest BCUT2D eigenvalue weighted by Gasteiger charge is -2.15. The molecule has 1 aromatic carbocycles. The quantitative estimate of drug-likeness (QED) is 0.713. The van der Waals surface area contributed by atoms with Crippen molar-refractivity contribution in [2.45, 2.75) is 26.3 Å². The molecule has 0 aliphatic carbocycles. The Labute approximate surface area is 106 Å². The summed E-state index contributed by atoms with van der Waals surface area (Å²) < 4.78 is 0. The Bertz CT molecular complexity index is 428. The van der Waals surface area contributed by atoms with E-state index in [4.69, 9.17) is 10.8 Å². The smallest absolute Gasteiger partial charge is 0.239 e. The van der Waals surface area contributed by atoms with Gasteiger partial charge in [-0.2, -0.15) is 0 Å². The molecule has 5 nitrogen and oxygen atoms in total. The Morgan fingerprint density at radius 3 is 2.33 bits per heavy atom. The molecule has 1 aromatic rings. The zero-order chi connectivity index (χ0) is 13.7. The van der Waals surface area contributed by atoms with Gasteiger partial charge in [0.1, 0.15) is 11.8 Å². The van der Waals surface area contributed by atoms with Crippen molar-refractivity contribution < 1.29 is 14.7 Å². The first-order chi connectivity index (χ1) is 8.40. The van der Waals surface area contributed by atoms with Gasteiger partial charge in [-0.15, -0.1) is 0 Å². The fourth-order valence-corrected chi connectivity index (χ4v) is 1.51. The number of nitrogens with two attached hydrogens (primary N) is 1. The standard InChI is InChI=1S/C13H18N2O3/c1-8(13(18)15-9(2)12(14)17)7-10-3-5-11(16)6-4-10/h3-6,8-9,16H,7H2,1-2H3,(H2,14,17)(H,15,18)/t8?,9-/m1/s1. The van der Waals surface area contributed by atoms with Crippen LogP contribution >= 0.6 is 0 Å². The van der Waals surface area contributed by atoms with Gasteiger partial charge in [0.2, 0.25) is 11.8 Å². The van der Waals surface area contributed by atoms with E-state index in [1.807, 2.05) is 0 Å². The maximum atomic E-state index is 11.8. The Kier molecular flexibility index (Phi) is 4.71. The predicted octanol–water partition coefficient (Wildman–Crippen LogP) is 0.561. The van der Waals surface area contributed by atoms with Gasteiger partial charge in [-0.3, -0.25) is 9.59 Å². The molecule has 0 radical (unpaired) electrons. The van der Waals surface area contributed by atoms with Crippen LogP contribution in [0.1, 0.15) is 19.4 Å². The molecule has 98 valence electrons. The first-order valence-corrected chi connectivity index (χ1v) is 5.77. The predicted molar refractivity (Wildman–Crippen MR) is 67.8 cm³/mol. The van der Waals surface area contributed by atoms with Crippen molar-refractivity contribution in [1.82, 2.24) is 5.32 Å². The monoisotopic (exact) mass is 250 g/mol. The normalized spacial score (nSPS) is 13.7. The van der Waals surface area contributed by atoms with E-state index in [-0.39, 0.29) is 17.6 Å². The first kappa shape index (κ1) is 14.0. The number of phenols is 1. The molecule has 5 heteroatoms. The second-order valence-corrected chi connectivity index (χ2v) is 4.40. The summed E-state index contributed by atoms with van der Waals surface area (Å²) in [5.74, 6) is -0.843. The van der Waals surface area contributed by atoms with Crippen LogP contribution in [0, 0.1) is 5.92 Å². The Morgan fingerprint density at radius 1 is 1.28 bits per heavy atom. The third kappa shape index (κ3) is 4.08. The number of rotatable bonds is 5. The maximum Gasteiger partial charge on any atom is 0.239 e. The first-order valence-electron chi connectivity index (χ1n) is 5.77. The van der Waals surface area contributed by atoms with Gasteiger partial charge < -0.3 is 16.2 Å². The summed E-state index contributed by atoms with van der Waals surface area (Å²) in [5.41, 5.74) is 6.02. The van der Waals surface area contributed by atoms with Crippen molar-refractivity contribution in [1.29, 1.82) is 0 Å². The molecule has 1 rings (SSSR count). The maximum absolute atomic E-state index is 11.8. The SMILES string of the molecule is CC(Cc1ccc(O)cc1)C(=O)N[C@H](C)C(N)=O. The van der Waals surface area contributed by atoms with Gasteiger partial charge in [0.05, 0.1) is 0 Å². The van der Waals surface area contributed by atoms with E-state index >= 15 is 0 Å². The third-order valence-electron chi connectivity index (χ3n) is 2.71. The van der Waals surface area contributed by atoms with Gasteiger partial charge in [0.25, 0.3) is 0 Å². The molecule has 0 heterocycles. The number of amides is 2. The molecule has 0 saturated heterocycles. The molecular formula is C13H18N2O3. The van der Waals surface area contributed by atoms with E-state index in [0.29, 0.717) is 6.42 Å². The number of aromatic hydroxyl groups is 1. The van der Waals surface area contributed by atoms with E-state index < -0.39 is 11.9 Å². The summed E-state index contributed by atoms with van der Waals surface area (Å²) in [6.07, 6.45) is 0.539. The Morgan fingerprint density at radius 2 is 1.83 bits per heavy atom. The average molecular weight is 250 g/mol.